The van der Waals surface area contributed by atoms with Gasteiger partial charge in [0.1, 0.15) is 0 Å². The van der Waals surface area contributed by atoms with Crippen molar-refractivity contribution in [2.24, 2.45) is 0 Å². The summed E-state index contributed by atoms with van der Waals surface area (Å²) in [5.41, 5.74) is 1.48. The van der Waals surface area contributed by atoms with Crippen LogP contribution in [0.1, 0.15) is 12.8 Å². The molecule has 0 saturated heterocycles. The molecule has 1 atom stereocenters. The van der Waals surface area contributed by atoms with Crippen LogP contribution in [0, 0.1) is 0 Å². The largest absolute Gasteiger partial charge is 0.480 e. The number of ether oxygens (including phenoxy) is 1. The molecule has 1 aliphatic carbocycles. The quantitative estimate of drug-likeness (QED) is 0.727. The van der Waals surface area contributed by atoms with E-state index in [1.54, 1.807) is 0 Å². The van der Waals surface area contributed by atoms with E-state index in [1.807, 2.05) is 0 Å². The van der Waals surface area contributed by atoms with E-state index in [9.17, 15) is 13.2 Å². The molecule has 0 fully saturated rings. The standard InChI is InChI=1S/C10H10O6S/c11-10(12)9(17(13,14)15)8-2-1-6-5-16-4-3-7(6)8/h3-5,9H,1-2H2,(H,11,12)(H,13,14,15). The first-order chi connectivity index (χ1) is 7.91. The summed E-state index contributed by atoms with van der Waals surface area (Å²) >= 11 is 0. The Bertz CT molecular complexity index is 551. The van der Waals surface area contributed by atoms with Crippen molar-refractivity contribution < 1.29 is 27.6 Å². The lowest BCUT2D eigenvalue weighted by Gasteiger charge is -2.12. The summed E-state index contributed by atoms with van der Waals surface area (Å²) in [6.07, 6.45) is 5.09. The lowest BCUT2D eigenvalue weighted by atomic mass is 10.1. The van der Waals surface area contributed by atoms with E-state index in [4.69, 9.17) is 14.4 Å². The van der Waals surface area contributed by atoms with Gasteiger partial charge >= 0.3 is 5.97 Å². The van der Waals surface area contributed by atoms with Crippen molar-refractivity contribution in [2.75, 3.05) is 0 Å². The van der Waals surface area contributed by atoms with Crippen LogP contribution in [-0.2, 0) is 19.6 Å². The number of aliphatic carboxylic acids is 1. The molecule has 0 aromatic heterocycles. The Hall–Kier alpha value is -1.60. The van der Waals surface area contributed by atoms with Crippen LogP contribution in [0.15, 0.2) is 35.3 Å². The van der Waals surface area contributed by atoms with Gasteiger partial charge in [0.25, 0.3) is 10.1 Å². The molecule has 0 bridgehead atoms. The third kappa shape index (κ3) is 2.11. The average molecular weight is 258 g/mol. The maximum absolute atomic E-state index is 11.1. The minimum Gasteiger partial charge on any atom is -0.480 e. The molecule has 17 heavy (non-hydrogen) atoms. The Morgan fingerprint density at radius 1 is 1.41 bits per heavy atom. The molecular formula is C10H10O6S. The zero-order valence-corrected chi connectivity index (χ0v) is 9.48. The van der Waals surface area contributed by atoms with Crippen LogP contribution in [0.4, 0.5) is 0 Å². The van der Waals surface area contributed by atoms with E-state index >= 15 is 0 Å². The summed E-state index contributed by atoms with van der Waals surface area (Å²) in [6.45, 7) is 0. The summed E-state index contributed by atoms with van der Waals surface area (Å²) in [6, 6.07) is 0. The van der Waals surface area contributed by atoms with Crippen molar-refractivity contribution in [1.29, 1.82) is 0 Å². The summed E-state index contributed by atoms with van der Waals surface area (Å²) in [5.74, 6) is -1.57. The van der Waals surface area contributed by atoms with Gasteiger partial charge in [-0.2, -0.15) is 8.42 Å². The molecule has 92 valence electrons. The molecule has 0 aromatic carbocycles. The van der Waals surface area contributed by atoms with E-state index < -0.39 is 21.3 Å². The molecule has 0 aromatic rings. The Kier molecular flexibility index (Phi) is 2.80. The van der Waals surface area contributed by atoms with Gasteiger partial charge in [-0.1, -0.05) is 0 Å². The number of carboxylic acid groups (broad SMARTS) is 1. The molecule has 2 aliphatic rings. The first-order valence-corrected chi connectivity index (χ1v) is 6.35. The van der Waals surface area contributed by atoms with E-state index in [-0.39, 0.29) is 12.0 Å². The van der Waals surface area contributed by atoms with Crippen LogP contribution in [-0.4, -0.2) is 29.3 Å². The molecule has 1 heterocycles. The molecule has 6 nitrogen and oxygen atoms in total. The normalized spacial score (nSPS) is 20.6. The summed E-state index contributed by atoms with van der Waals surface area (Å²) in [7, 11) is -4.66. The van der Waals surface area contributed by atoms with Gasteiger partial charge in [-0.15, -0.1) is 0 Å². The van der Waals surface area contributed by atoms with Crippen LogP contribution in [0.5, 0.6) is 0 Å². The summed E-state index contributed by atoms with van der Waals surface area (Å²) < 4.78 is 36.1. The van der Waals surface area contributed by atoms with Crippen LogP contribution in [0.25, 0.3) is 0 Å². The first-order valence-electron chi connectivity index (χ1n) is 4.85. The minimum atomic E-state index is -4.66. The Morgan fingerprint density at radius 2 is 2.12 bits per heavy atom. The first kappa shape index (κ1) is 11.9. The molecule has 1 aliphatic heterocycles. The second-order valence-electron chi connectivity index (χ2n) is 3.75. The summed E-state index contributed by atoms with van der Waals surface area (Å²) in [4.78, 5) is 11.0. The zero-order valence-electron chi connectivity index (χ0n) is 8.66. The van der Waals surface area contributed by atoms with E-state index in [0.29, 0.717) is 12.0 Å². The monoisotopic (exact) mass is 258 g/mol. The smallest absolute Gasteiger partial charge is 0.328 e. The number of carboxylic acids is 1. The summed E-state index contributed by atoms with van der Waals surface area (Å²) in [5, 5.41) is 7.01. The van der Waals surface area contributed by atoms with Crippen molar-refractivity contribution >= 4 is 16.1 Å². The van der Waals surface area contributed by atoms with Crippen molar-refractivity contribution in [2.45, 2.75) is 18.1 Å². The van der Waals surface area contributed by atoms with Gasteiger partial charge in [0.15, 0.2) is 0 Å². The van der Waals surface area contributed by atoms with Gasteiger partial charge in [-0.25, -0.2) is 0 Å². The number of hydrogen-bond donors (Lipinski definition) is 2. The number of fused-ring (bicyclic) bond motifs is 1. The maximum Gasteiger partial charge on any atom is 0.328 e. The molecule has 0 radical (unpaired) electrons. The van der Waals surface area contributed by atoms with Crippen LogP contribution >= 0.6 is 0 Å². The van der Waals surface area contributed by atoms with Crippen LogP contribution in [0.2, 0.25) is 0 Å². The SMILES string of the molecule is O=C(O)C(C1=C2C=COC=C2CC1)S(=O)(=O)O. The second kappa shape index (κ2) is 4.01. The van der Waals surface area contributed by atoms with Crippen LogP contribution in [0.3, 0.4) is 0 Å². The van der Waals surface area contributed by atoms with Crippen molar-refractivity contribution in [3.05, 3.63) is 35.3 Å². The molecule has 7 heteroatoms. The number of allylic oxidation sites excluding steroid dienone is 3. The van der Waals surface area contributed by atoms with E-state index in [0.717, 1.165) is 5.57 Å². The van der Waals surface area contributed by atoms with Crippen molar-refractivity contribution in [1.82, 2.24) is 0 Å². The third-order valence-corrected chi connectivity index (χ3v) is 3.80. The highest BCUT2D eigenvalue weighted by molar-refractivity contribution is 7.87. The van der Waals surface area contributed by atoms with E-state index in [2.05, 4.69) is 0 Å². The maximum atomic E-state index is 11.1. The Balaban J connectivity index is 2.52. The lowest BCUT2D eigenvalue weighted by Crippen LogP contribution is -2.31. The predicted molar refractivity (Wildman–Crippen MR) is 57.5 cm³/mol. The Labute approximate surface area is 97.6 Å². The predicted octanol–water partition coefficient (Wildman–Crippen LogP) is 0.846. The van der Waals surface area contributed by atoms with Gasteiger partial charge < -0.3 is 9.84 Å². The molecule has 1 unspecified atom stereocenters. The van der Waals surface area contributed by atoms with Crippen LogP contribution < -0.4 is 0 Å². The Morgan fingerprint density at radius 3 is 2.71 bits per heavy atom. The van der Waals surface area contributed by atoms with Gasteiger partial charge in [-0.05, 0) is 35.6 Å². The number of carbonyl (C=O) groups is 1. The van der Waals surface area contributed by atoms with Gasteiger partial charge in [0.2, 0.25) is 5.25 Å². The fraction of sp³-hybridized carbons (Fsp3) is 0.300. The molecule has 2 rings (SSSR count). The highest BCUT2D eigenvalue weighted by atomic mass is 32.2. The highest BCUT2D eigenvalue weighted by Gasteiger charge is 2.39. The van der Waals surface area contributed by atoms with Gasteiger partial charge in [-0.3, -0.25) is 9.35 Å². The number of rotatable bonds is 3. The average Bonchev–Trinajstić information content (AvgIpc) is 2.60. The van der Waals surface area contributed by atoms with Crippen molar-refractivity contribution in [3.8, 4) is 0 Å². The lowest BCUT2D eigenvalue weighted by molar-refractivity contribution is -0.135. The zero-order chi connectivity index (χ0) is 12.6. The second-order valence-corrected chi connectivity index (χ2v) is 5.26. The minimum absolute atomic E-state index is 0.200. The van der Waals surface area contributed by atoms with Gasteiger partial charge in [0.05, 0.1) is 12.5 Å². The third-order valence-electron chi connectivity index (χ3n) is 2.72. The van der Waals surface area contributed by atoms with Gasteiger partial charge in [0, 0.05) is 0 Å². The molecule has 0 amide bonds. The fourth-order valence-corrected chi connectivity index (χ4v) is 2.90. The fourth-order valence-electron chi connectivity index (χ4n) is 2.04. The highest BCUT2D eigenvalue weighted by Crippen LogP contribution is 2.37. The number of hydrogen-bond acceptors (Lipinski definition) is 4. The van der Waals surface area contributed by atoms with Crippen molar-refractivity contribution in [3.63, 3.8) is 0 Å². The molecule has 2 N–H and O–H groups in total. The molecule has 0 spiro atoms. The van der Waals surface area contributed by atoms with E-state index in [1.165, 1.54) is 18.6 Å². The molecule has 0 saturated carbocycles. The topological polar surface area (TPSA) is 101 Å². The molecular weight excluding hydrogens is 248 g/mol.